The molecule has 21 rings (SSSR count). The van der Waals surface area contributed by atoms with Crippen LogP contribution in [0.3, 0.4) is 0 Å². The number of hydrogen-bond donors (Lipinski definition) is 0. The van der Waals surface area contributed by atoms with Crippen molar-refractivity contribution in [2.75, 3.05) is 0 Å². The molecule has 0 saturated carbocycles. The van der Waals surface area contributed by atoms with Crippen LogP contribution < -0.4 is 4.74 Å². The minimum Gasteiger partial charge on any atom is -0.484 e. The highest BCUT2D eigenvalue weighted by molar-refractivity contribution is 6.24. The van der Waals surface area contributed by atoms with Crippen molar-refractivity contribution in [1.82, 2.24) is 39.0 Å². The van der Waals surface area contributed by atoms with Gasteiger partial charge >= 0.3 is 0 Å². The SMILES string of the molecule is C1=CC2c3cc(-c4nc(-c5ccc(-c6ccccc6)cc5)nc(-c5cccc(-c6ccccc6)c5)n4)ccc3OC2c2c1n(-c1ccccc1)c1ccccc21.c1ccc(-c2cccc(-c3nc(-c4ccccc4)nc(-c4ccc5oc6c(ccc7c6c6ccccc6n7-c6ccccc6)c5c4)n3)c2)cc1. The highest BCUT2D eigenvalue weighted by atomic mass is 16.5. The monoisotopic (exact) mass is 1360 g/mol. The van der Waals surface area contributed by atoms with Gasteiger partial charge in [-0.25, -0.2) is 29.9 Å². The molecule has 10 nitrogen and oxygen atoms in total. The first-order chi connectivity index (χ1) is 52.5. The Kier molecular flexibility index (Phi) is 15.1. The van der Waals surface area contributed by atoms with E-state index in [2.05, 4.69) is 306 Å². The normalized spacial score (nSPS) is 13.5. The lowest BCUT2D eigenvalue weighted by molar-refractivity contribution is 0.224. The lowest BCUT2D eigenvalue weighted by Gasteiger charge is -2.22. The van der Waals surface area contributed by atoms with E-state index in [9.17, 15) is 0 Å². The van der Waals surface area contributed by atoms with E-state index in [1.807, 2.05) is 66.7 Å². The molecule has 2 unspecified atom stereocenters. The Morgan fingerprint density at radius 2 is 0.679 bits per heavy atom. The molecule has 10 heteroatoms. The Bertz CT molecular complexity index is 6600. The number of aromatic nitrogens is 8. The maximum atomic E-state index is 6.86. The molecule has 0 bridgehead atoms. The average Bonchev–Trinajstić information content (AvgIpc) is 1.57. The summed E-state index contributed by atoms with van der Waals surface area (Å²) in [5.41, 5.74) is 23.2. The van der Waals surface area contributed by atoms with Crippen molar-refractivity contribution < 1.29 is 9.15 Å². The molecule has 5 aromatic heterocycles. The van der Waals surface area contributed by atoms with Gasteiger partial charge < -0.3 is 18.3 Å². The lowest BCUT2D eigenvalue weighted by atomic mass is 9.85. The Balaban J connectivity index is 0.000000141. The Morgan fingerprint density at radius 3 is 1.25 bits per heavy atom. The molecule has 106 heavy (non-hydrogen) atoms. The number of ether oxygens (including phenoxy) is 1. The summed E-state index contributed by atoms with van der Waals surface area (Å²) in [5, 5.41) is 5.54. The van der Waals surface area contributed by atoms with Gasteiger partial charge in [0, 0.05) is 83.3 Å². The summed E-state index contributed by atoms with van der Waals surface area (Å²) < 4.78 is 18.2. The van der Waals surface area contributed by atoms with Crippen molar-refractivity contribution in [1.29, 1.82) is 0 Å². The van der Waals surface area contributed by atoms with Crippen LogP contribution in [0.1, 0.15) is 28.8 Å². The first-order valence-corrected chi connectivity index (χ1v) is 35.7. The van der Waals surface area contributed by atoms with Crippen LogP contribution in [-0.4, -0.2) is 39.0 Å². The third-order valence-corrected chi connectivity index (χ3v) is 20.5. The van der Waals surface area contributed by atoms with Crippen molar-refractivity contribution in [3.63, 3.8) is 0 Å². The van der Waals surface area contributed by atoms with Crippen molar-refractivity contribution in [2.45, 2.75) is 12.0 Å². The fourth-order valence-electron chi connectivity index (χ4n) is 15.4. The summed E-state index contributed by atoms with van der Waals surface area (Å²) in [5.74, 6) is 4.66. The summed E-state index contributed by atoms with van der Waals surface area (Å²) in [6.07, 6.45) is 4.42. The van der Waals surface area contributed by atoms with E-state index in [1.165, 1.54) is 22.0 Å². The second kappa shape index (κ2) is 26.0. The van der Waals surface area contributed by atoms with Gasteiger partial charge in [0.15, 0.2) is 34.9 Å². The summed E-state index contributed by atoms with van der Waals surface area (Å²) in [6, 6.07) is 122. The van der Waals surface area contributed by atoms with Crippen LogP contribution in [0, 0.1) is 0 Å². The highest BCUT2D eigenvalue weighted by Gasteiger charge is 2.40. The summed E-state index contributed by atoms with van der Waals surface area (Å²) in [7, 11) is 0. The molecule has 19 aromatic rings. The van der Waals surface area contributed by atoms with Crippen LogP contribution in [0.15, 0.2) is 362 Å². The largest absolute Gasteiger partial charge is 0.484 e. The fourth-order valence-corrected chi connectivity index (χ4v) is 15.4. The number of benzene rings is 14. The molecular formula is C96H62N8O2. The Hall–Kier alpha value is -14.2. The number of para-hydroxylation sites is 4. The van der Waals surface area contributed by atoms with Gasteiger partial charge in [0.25, 0.3) is 0 Å². The zero-order chi connectivity index (χ0) is 70.0. The maximum absolute atomic E-state index is 6.86. The molecule has 2 aliphatic rings. The van der Waals surface area contributed by atoms with Gasteiger partial charge in [-0.2, -0.15) is 0 Å². The number of furan rings is 1. The second-order valence-electron chi connectivity index (χ2n) is 26.8. The standard InChI is InChI=1S/C51H34N4O.C45H28N4O/c1-4-13-33(14-5-1)35-23-25-36(26-24-35)49-52-50(38-18-12-17-37(31-38)34-15-6-2-7-16-34)54-51(53-49)39-27-30-46-43(32-39)41-28-29-45-47(48(41)56-46)42-21-10-11-22-44(42)55(45)40-19-8-3-9-20-40;1-4-13-29(14-5-1)31-17-12-18-32(27-31)44-46-43(30-15-6-2-7-16-30)47-45(48-44)33-23-26-40-37(28-33)35-24-25-39-41(42(35)50-40)36-21-10-11-22-38(36)49(39)34-19-8-3-9-20-34/h1-32,41,48H;1-28H. The predicted octanol–water partition coefficient (Wildman–Crippen LogP) is 23.9. The predicted molar refractivity (Wildman–Crippen MR) is 429 cm³/mol. The van der Waals surface area contributed by atoms with Crippen molar-refractivity contribution in [3.05, 3.63) is 375 Å². The van der Waals surface area contributed by atoms with E-state index in [4.69, 9.17) is 39.1 Å². The molecule has 1 aliphatic carbocycles. The topological polar surface area (TPSA) is 110 Å². The lowest BCUT2D eigenvalue weighted by Crippen LogP contribution is -2.13. The molecule has 0 spiro atoms. The van der Waals surface area contributed by atoms with Gasteiger partial charge in [0.1, 0.15) is 23.0 Å². The van der Waals surface area contributed by atoms with Crippen LogP contribution in [0.25, 0.3) is 174 Å². The van der Waals surface area contributed by atoms with Gasteiger partial charge in [-0.1, -0.05) is 261 Å². The van der Waals surface area contributed by atoms with Crippen molar-refractivity contribution in [2.24, 2.45) is 0 Å². The smallest absolute Gasteiger partial charge is 0.164 e. The van der Waals surface area contributed by atoms with E-state index in [1.54, 1.807) is 0 Å². The molecule has 0 amide bonds. The maximum Gasteiger partial charge on any atom is 0.164 e. The third kappa shape index (κ3) is 11.0. The molecular weight excluding hydrogens is 1300 g/mol. The summed E-state index contributed by atoms with van der Waals surface area (Å²) in [4.78, 5) is 30.5. The van der Waals surface area contributed by atoms with Crippen molar-refractivity contribution >= 4 is 60.7 Å². The van der Waals surface area contributed by atoms with Gasteiger partial charge in [0.2, 0.25) is 0 Å². The van der Waals surface area contributed by atoms with Crippen molar-refractivity contribution in [3.8, 4) is 119 Å². The van der Waals surface area contributed by atoms with Crippen LogP contribution in [0.2, 0.25) is 0 Å². The number of fused-ring (bicyclic) bond motifs is 14. The average molecular weight is 1360 g/mol. The second-order valence-corrected chi connectivity index (χ2v) is 26.8. The van der Waals surface area contributed by atoms with Crippen LogP contribution >= 0.6 is 0 Å². The third-order valence-electron chi connectivity index (χ3n) is 20.5. The minimum absolute atomic E-state index is 0.0429. The first kappa shape index (κ1) is 61.6. The minimum atomic E-state index is -0.150. The highest BCUT2D eigenvalue weighted by Crippen LogP contribution is 2.54. The van der Waals surface area contributed by atoms with Crippen LogP contribution in [0.4, 0.5) is 0 Å². The molecule has 2 atom stereocenters. The number of rotatable bonds is 11. The quantitative estimate of drug-likeness (QED) is 0.126. The van der Waals surface area contributed by atoms with Gasteiger partial charge in [-0.05, 0) is 137 Å². The molecule has 1 aliphatic heterocycles. The molecule has 498 valence electrons. The van der Waals surface area contributed by atoms with E-state index in [-0.39, 0.29) is 12.0 Å². The van der Waals surface area contributed by atoms with E-state index in [0.29, 0.717) is 34.9 Å². The molecule has 0 saturated heterocycles. The van der Waals surface area contributed by atoms with Gasteiger partial charge in [-0.15, -0.1) is 0 Å². The zero-order valence-electron chi connectivity index (χ0n) is 57.2. The Labute approximate surface area is 610 Å². The van der Waals surface area contributed by atoms with Gasteiger partial charge in [-0.3, -0.25) is 0 Å². The molecule has 6 heterocycles. The Morgan fingerprint density at radius 1 is 0.274 bits per heavy atom. The summed E-state index contributed by atoms with van der Waals surface area (Å²) >= 11 is 0. The van der Waals surface area contributed by atoms with E-state index >= 15 is 0 Å². The fraction of sp³-hybridized carbons (Fsp3) is 0.0208. The van der Waals surface area contributed by atoms with E-state index in [0.717, 1.165) is 133 Å². The van der Waals surface area contributed by atoms with Crippen LogP contribution in [0.5, 0.6) is 5.75 Å². The number of hydrogen-bond acceptors (Lipinski definition) is 8. The van der Waals surface area contributed by atoms with Gasteiger partial charge in [0.05, 0.1) is 27.6 Å². The molecule has 14 aromatic carbocycles. The summed E-state index contributed by atoms with van der Waals surface area (Å²) in [6.45, 7) is 0. The number of nitrogens with zero attached hydrogens (tertiary/aromatic N) is 8. The first-order valence-electron chi connectivity index (χ1n) is 35.7. The molecule has 0 fully saturated rings. The molecule has 0 N–H and O–H groups in total. The molecule has 0 radical (unpaired) electrons. The zero-order valence-corrected chi connectivity index (χ0v) is 57.2. The van der Waals surface area contributed by atoms with E-state index < -0.39 is 0 Å². The van der Waals surface area contributed by atoms with Crippen LogP contribution in [-0.2, 0) is 0 Å².